The highest BCUT2D eigenvalue weighted by Gasteiger charge is 2.32. The molecule has 2 amide bonds. The Hall–Kier alpha value is -1.10. The van der Waals surface area contributed by atoms with E-state index in [1.165, 1.54) is 4.90 Å². The van der Waals surface area contributed by atoms with Crippen LogP contribution in [0.4, 0.5) is 0 Å². The molecule has 0 aromatic carbocycles. The van der Waals surface area contributed by atoms with Crippen LogP contribution >= 0.6 is 0 Å². The fourth-order valence-electron chi connectivity index (χ4n) is 1.39. The molecule has 0 aliphatic carbocycles. The van der Waals surface area contributed by atoms with E-state index in [1.54, 1.807) is 0 Å². The summed E-state index contributed by atoms with van der Waals surface area (Å²) in [6.45, 7) is 6.94. The Morgan fingerprint density at radius 1 is 1.53 bits per heavy atom. The van der Waals surface area contributed by atoms with Crippen molar-refractivity contribution in [2.24, 2.45) is 11.1 Å². The summed E-state index contributed by atoms with van der Waals surface area (Å²) in [6, 6.07) is -0.552. The van der Waals surface area contributed by atoms with E-state index in [0.717, 1.165) is 0 Å². The summed E-state index contributed by atoms with van der Waals surface area (Å²) >= 11 is 0. The Kier molecular flexibility index (Phi) is 3.34. The molecule has 15 heavy (non-hydrogen) atoms. The highest BCUT2D eigenvalue weighted by Crippen LogP contribution is 2.19. The van der Waals surface area contributed by atoms with Crippen molar-refractivity contribution in [1.82, 2.24) is 10.2 Å². The second-order valence-corrected chi connectivity index (χ2v) is 4.95. The van der Waals surface area contributed by atoms with Crippen LogP contribution in [0.3, 0.4) is 0 Å². The fraction of sp³-hybridized carbons (Fsp3) is 0.800. The van der Waals surface area contributed by atoms with Crippen molar-refractivity contribution in [1.29, 1.82) is 0 Å². The number of amides is 2. The first-order valence-electron chi connectivity index (χ1n) is 5.13. The Balaban J connectivity index is 2.64. The molecule has 0 aromatic heterocycles. The summed E-state index contributed by atoms with van der Waals surface area (Å²) in [4.78, 5) is 24.5. The third-order valence-corrected chi connectivity index (χ3v) is 2.55. The van der Waals surface area contributed by atoms with E-state index in [9.17, 15) is 9.59 Å². The molecule has 1 aliphatic heterocycles. The zero-order valence-corrected chi connectivity index (χ0v) is 9.54. The maximum Gasteiger partial charge on any atom is 0.240 e. The maximum atomic E-state index is 11.9. The van der Waals surface area contributed by atoms with Crippen molar-refractivity contribution in [3.05, 3.63) is 0 Å². The van der Waals surface area contributed by atoms with Gasteiger partial charge in [0, 0.05) is 13.1 Å². The average Bonchev–Trinajstić information content (AvgIpc) is 2.14. The van der Waals surface area contributed by atoms with Gasteiger partial charge >= 0.3 is 0 Å². The maximum absolute atomic E-state index is 11.9. The first-order chi connectivity index (χ1) is 6.82. The van der Waals surface area contributed by atoms with Crippen molar-refractivity contribution in [2.45, 2.75) is 26.8 Å². The summed E-state index contributed by atoms with van der Waals surface area (Å²) < 4.78 is 0. The second-order valence-electron chi connectivity index (χ2n) is 4.95. The molecule has 86 valence electrons. The molecule has 0 spiro atoms. The van der Waals surface area contributed by atoms with Gasteiger partial charge in [-0.05, 0) is 5.41 Å². The highest BCUT2D eigenvalue weighted by atomic mass is 16.2. The van der Waals surface area contributed by atoms with E-state index in [4.69, 9.17) is 5.73 Å². The summed E-state index contributed by atoms with van der Waals surface area (Å²) in [6.07, 6.45) is 0. The van der Waals surface area contributed by atoms with Crippen molar-refractivity contribution >= 4 is 11.8 Å². The van der Waals surface area contributed by atoms with Gasteiger partial charge in [-0.2, -0.15) is 0 Å². The van der Waals surface area contributed by atoms with E-state index in [-0.39, 0.29) is 23.8 Å². The normalized spacial score (nSPS) is 19.7. The van der Waals surface area contributed by atoms with Crippen LogP contribution in [0, 0.1) is 5.41 Å². The third-order valence-electron chi connectivity index (χ3n) is 2.55. The number of hydrogen-bond acceptors (Lipinski definition) is 3. The molecule has 1 saturated heterocycles. The monoisotopic (exact) mass is 213 g/mol. The van der Waals surface area contributed by atoms with Gasteiger partial charge in [0.2, 0.25) is 11.8 Å². The van der Waals surface area contributed by atoms with Gasteiger partial charge in [-0.1, -0.05) is 20.8 Å². The molecule has 1 fully saturated rings. The van der Waals surface area contributed by atoms with Crippen LogP contribution in [-0.4, -0.2) is 42.4 Å². The molecule has 5 nitrogen and oxygen atoms in total. The number of hydrogen-bond donors (Lipinski definition) is 2. The first-order valence-corrected chi connectivity index (χ1v) is 5.13. The first kappa shape index (κ1) is 12.0. The summed E-state index contributed by atoms with van der Waals surface area (Å²) in [5.74, 6) is -0.256. The Bertz CT molecular complexity index is 270. The number of rotatable bonds is 1. The van der Waals surface area contributed by atoms with Crippen LogP contribution in [0.1, 0.15) is 20.8 Å². The lowest BCUT2D eigenvalue weighted by molar-refractivity contribution is -0.141. The van der Waals surface area contributed by atoms with Gasteiger partial charge in [0.15, 0.2) is 0 Å². The minimum absolute atomic E-state index is 0.115. The van der Waals surface area contributed by atoms with Gasteiger partial charge in [-0.3, -0.25) is 9.59 Å². The number of nitrogens with zero attached hydrogens (tertiary/aromatic N) is 1. The third kappa shape index (κ3) is 2.92. The molecule has 3 N–H and O–H groups in total. The number of nitrogens with one attached hydrogen (secondary N) is 1. The second kappa shape index (κ2) is 4.18. The molecule has 1 atom stereocenters. The lowest BCUT2D eigenvalue weighted by Crippen LogP contribution is -2.57. The molecule has 1 heterocycles. The van der Waals surface area contributed by atoms with Gasteiger partial charge in [-0.15, -0.1) is 0 Å². The predicted molar refractivity (Wildman–Crippen MR) is 57.0 cm³/mol. The van der Waals surface area contributed by atoms with E-state index < -0.39 is 6.04 Å². The molecule has 0 saturated carbocycles. The molecular formula is C10H19N3O2. The lowest BCUT2D eigenvalue weighted by atomic mass is 9.86. The number of carbonyl (C=O) groups excluding carboxylic acids is 2. The topological polar surface area (TPSA) is 75.4 Å². The van der Waals surface area contributed by atoms with Gasteiger partial charge < -0.3 is 16.0 Å². The number of carbonyl (C=O) groups is 2. The van der Waals surface area contributed by atoms with E-state index in [2.05, 4.69) is 5.32 Å². The van der Waals surface area contributed by atoms with Gasteiger partial charge in [0.1, 0.15) is 0 Å². The molecule has 0 radical (unpaired) electrons. The van der Waals surface area contributed by atoms with Crippen molar-refractivity contribution in [2.75, 3.05) is 19.6 Å². The molecule has 5 heteroatoms. The molecular weight excluding hydrogens is 194 g/mol. The van der Waals surface area contributed by atoms with E-state index in [0.29, 0.717) is 13.1 Å². The Morgan fingerprint density at radius 2 is 2.13 bits per heavy atom. The predicted octanol–water partition coefficient (Wildman–Crippen LogP) is -0.682. The largest absolute Gasteiger partial charge is 0.353 e. The fourth-order valence-corrected chi connectivity index (χ4v) is 1.39. The van der Waals surface area contributed by atoms with Crippen molar-refractivity contribution in [3.8, 4) is 0 Å². The van der Waals surface area contributed by atoms with E-state index >= 15 is 0 Å². The molecule has 1 rings (SSSR count). The van der Waals surface area contributed by atoms with Crippen LogP contribution in [0.25, 0.3) is 0 Å². The van der Waals surface area contributed by atoms with Gasteiger partial charge in [0.25, 0.3) is 0 Å². The van der Waals surface area contributed by atoms with Gasteiger partial charge in [-0.25, -0.2) is 0 Å². The number of piperazine rings is 1. The Morgan fingerprint density at radius 3 is 2.60 bits per heavy atom. The van der Waals surface area contributed by atoms with E-state index in [1.807, 2.05) is 20.8 Å². The molecule has 0 aromatic rings. The summed E-state index contributed by atoms with van der Waals surface area (Å²) in [7, 11) is 0. The summed E-state index contributed by atoms with van der Waals surface area (Å²) in [5, 5.41) is 2.67. The molecule has 1 aliphatic rings. The highest BCUT2D eigenvalue weighted by molar-refractivity contribution is 5.88. The lowest BCUT2D eigenvalue weighted by Gasteiger charge is -2.33. The molecule has 0 bridgehead atoms. The van der Waals surface area contributed by atoms with Crippen LogP contribution in [-0.2, 0) is 9.59 Å². The standard InChI is InChI=1S/C10H19N3O2/c1-10(2,3)8(11)9(15)13-5-4-12-7(14)6-13/h8H,4-6,11H2,1-3H3,(H,12,14). The zero-order chi connectivity index (χ0) is 11.6. The average molecular weight is 213 g/mol. The quantitative estimate of drug-likeness (QED) is 0.606. The van der Waals surface area contributed by atoms with Crippen LogP contribution in [0.15, 0.2) is 0 Å². The minimum Gasteiger partial charge on any atom is -0.353 e. The summed E-state index contributed by atoms with van der Waals surface area (Å²) in [5.41, 5.74) is 5.57. The van der Waals surface area contributed by atoms with Crippen LogP contribution in [0.5, 0.6) is 0 Å². The smallest absolute Gasteiger partial charge is 0.240 e. The number of nitrogens with two attached hydrogens (primary N) is 1. The van der Waals surface area contributed by atoms with Gasteiger partial charge in [0.05, 0.1) is 12.6 Å². The van der Waals surface area contributed by atoms with Crippen LogP contribution in [0.2, 0.25) is 0 Å². The Labute approximate surface area is 90.0 Å². The minimum atomic E-state index is -0.552. The van der Waals surface area contributed by atoms with Crippen molar-refractivity contribution < 1.29 is 9.59 Å². The SMILES string of the molecule is CC(C)(C)C(N)C(=O)N1CCNC(=O)C1. The zero-order valence-electron chi connectivity index (χ0n) is 9.54. The van der Waals surface area contributed by atoms with Crippen LogP contribution < -0.4 is 11.1 Å². The van der Waals surface area contributed by atoms with Crippen molar-refractivity contribution in [3.63, 3.8) is 0 Å². The molecule has 1 unspecified atom stereocenters.